The van der Waals surface area contributed by atoms with Gasteiger partial charge in [-0.05, 0) is 75.4 Å². The van der Waals surface area contributed by atoms with Crippen molar-refractivity contribution in [2.75, 3.05) is 51.3 Å². The third-order valence-corrected chi connectivity index (χ3v) is 6.52. The topological polar surface area (TPSA) is 83.7 Å². The molecule has 0 aliphatic carbocycles. The highest BCUT2D eigenvalue weighted by Gasteiger charge is 2.28. The number of methoxy groups -OCH3 is 1. The van der Waals surface area contributed by atoms with Crippen molar-refractivity contribution in [3.8, 4) is 17.1 Å². The Hall–Kier alpha value is -2.61. The van der Waals surface area contributed by atoms with Gasteiger partial charge < -0.3 is 24.4 Å². The Balaban J connectivity index is 1.25. The molecule has 1 amide bonds. The fourth-order valence-electron chi connectivity index (χ4n) is 4.71. The van der Waals surface area contributed by atoms with E-state index in [1.165, 1.54) is 25.9 Å². The molecular weight excluding hydrogens is 406 g/mol. The van der Waals surface area contributed by atoms with Crippen LogP contribution < -0.4 is 15.0 Å². The number of ether oxygens (including phenoxy) is 1. The fourth-order valence-corrected chi connectivity index (χ4v) is 4.71. The van der Waals surface area contributed by atoms with E-state index in [2.05, 4.69) is 27.3 Å². The predicted molar refractivity (Wildman–Crippen MR) is 124 cm³/mol. The zero-order valence-electron chi connectivity index (χ0n) is 19.3. The number of likely N-dealkylation sites (tertiary alicyclic amines) is 1. The van der Waals surface area contributed by atoms with Crippen LogP contribution in [0.25, 0.3) is 11.4 Å². The lowest BCUT2D eigenvalue weighted by atomic mass is 9.97. The van der Waals surface area contributed by atoms with Gasteiger partial charge in [-0.3, -0.25) is 4.79 Å². The van der Waals surface area contributed by atoms with E-state index in [4.69, 9.17) is 9.26 Å². The summed E-state index contributed by atoms with van der Waals surface area (Å²) in [5, 5.41) is 7.27. The van der Waals surface area contributed by atoms with Crippen LogP contribution in [0.15, 0.2) is 28.8 Å². The van der Waals surface area contributed by atoms with Gasteiger partial charge in [0.2, 0.25) is 11.7 Å². The van der Waals surface area contributed by atoms with E-state index in [-0.39, 0.29) is 11.8 Å². The summed E-state index contributed by atoms with van der Waals surface area (Å²) < 4.78 is 10.7. The maximum Gasteiger partial charge on any atom is 0.324 e. The van der Waals surface area contributed by atoms with Crippen molar-refractivity contribution >= 4 is 11.9 Å². The highest BCUT2D eigenvalue weighted by molar-refractivity contribution is 5.79. The Morgan fingerprint density at radius 3 is 2.78 bits per heavy atom. The second-order valence-electron chi connectivity index (χ2n) is 9.11. The van der Waals surface area contributed by atoms with Crippen molar-refractivity contribution in [2.24, 2.45) is 11.8 Å². The fraction of sp³-hybridized carbons (Fsp3) is 0.625. The van der Waals surface area contributed by atoms with E-state index in [1.54, 1.807) is 7.11 Å². The first-order valence-electron chi connectivity index (χ1n) is 11.9. The molecule has 8 heteroatoms. The number of carbonyl (C=O) groups excluding carboxylic acids is 1. The zero-order chi connectivity index (χ0) is 22.3. The molecule has 0 radical (unpaired) electrons. The molecule has 1 N–H and O–H groups in total. The molecule has 0 bridgehead atoms. The van der Waals surface area contributed by atoms with E-state index < -0.39 is 0 Å². The molecule has 2 atom stereocenters. The predicted octanol–water partition coefficient (Wildman–Crippen LogP) is 3.20. The molecule has 0 saturated carbocycles. The van der Waals surface area contributed by atoms with E-state index >= 15 is 0 Å². The first-order valence-corrected chi connectivity index (χ1v) is 11.9. The number of nitrogens with zero attached hydrogens (tertiary/aromatic N) is 4. The zero-order valence-corrected chi connectivity index (χ0v) is 19.3. The van der Waals surface area contributed by atoms with Crippen LogP contribution in [0.1, 0.15) is 39.0 Å². The molecule has 4 rings (SSSR count). The number of piperidine rings is 2. The van der Waals surface area contributed by atoms with Crippen molar-refractivity contribution in [3.63, 3.8) is 0 Å². The lowest BCUT2D eigenvalue weighted by Gasteiger charge is -2.31. The highest BCUT2D eigenvalue weighted by atomic mass is 16.5. The van der Waals surface area contributed by atoms with Gasteiger partial charge in [0.1, 0.15) is 5.75 Å². The normalized spacial score (nSPS) is 22.0. The molecule has 2 aliphatic rings. The summed E-state index contributed by atoms with van der Waals surface area (Å²) in [7, 11) is 1.64. The van der Waals surface area contributed by atoms with Gasteiger partial charge in [0.25, 0.3) is 0 Å². The van der Waals surface area contributed by atoms with Crippen molar-refractivity contribution in [1.29, 1.82) is 0 Å². The third-order valence-electron chi connectivity index (χ3n) is 6.52. The van der Waals surface area contributed by atoms with Crippen LogP contribution in [0.2, 0.25) is 0 Å². The number of anilines is 1. The first-order chi connectivity index (χ1) is 15.6. The molecular formula is C24H35N5O3. The van der Waals surface area contributed by atoms with Crippen LogP contribution in [0.3, 0.4) is 0 Å². The van der Waals surface area contributed by atoms with Gasteiger partial charge in [-0.1, -0.05) is 12.1 Å². The number of rotatable bonds is 8. The molecule has 174 valence electrons. The number of nitrogens with one attached hydrogen (secondary N) is 1. The number of amides is 1. The molecule has 2 aliphatic heterocycles. The molecule has 0 unspecified atom stereocenters. The second kappa shape index (κ2) is 10.8. The van der Waals surface area contributed by atoms with Gasteiger partial charge in [0.05, 0.1) is 13.0 Å². The summed E-state index contributed by atoms with van der Waals surface area (Å²) in [6.45, 7) is 7.94. The minimum Gasteiger partial charge on any atom is -0.497 e. The SMILES string of the molecule is COc1ccc(-c2noc(N3CCC[C@H](C(=O)NCCCN4CCC[C@H](C)C4)C3)n2)cc1. The summed E-state index contributed by atoms with van der Waals surface area (Å²) in [4.78, 5) is 21.8. The van der Waals surface area contributed by atoms with Gasteiger partial charge in [-0.15, -0.1) is 0 Å². The average Bonchev–Trinajstić information content (AvgIpc) is 3.32. The number of carbonyl (C=O) groups is 1. The van der Waals surface area contributed by atoms with Gasteiger partial charge in [0.15, 0.2) is 0 Å². The Kier molecular flexibility index (Phi) is 7.63. The minimum absolute atomic E-state index is 0.0462. The lowest BCUT2D eigenvalue weighted by molar-refractivity contribution is -0.125. The molecule has 1 aromatic heterocycles. The monoisotopic (exact) mass is 441 g/mol. The number of aromatic nitrogens is 2. The quantitative estimate of drug-likeness (QED) is 0.630. The third kappa shape index (κ3) is 5.79. The Morgan fingerprint density at radius 2 is 2.00 bits per heavy atom. The number of hydrogen-bond acceptors (Lipinski definition) is 7. The van der Waals surface area contributed by atoms with Crippen molar-refractivity contribution in [1.82, 2.24) is 20.4 Å². The van der Waals surface area contributed by atoms with Crippen LogP contribution in [-0.4, -0.2) is 67.3 Å². The van der Waals surface area contributed by atoms with Crippen LogP contribution in [-0.2, 0) is 4.79 Å². The average molecular weight is 442 g/mol. The van der Waals surface area contributed by atoms with Crippen LogP contribution in [0.4, 0.5) is 6.01 Å². The summed E-state index contributed by atoms with van der Waals surface area (Å²) in [6, 6.07) is 8.04. The van der Waals surface area contributed by atoms with Gasteiger partial charge >= 0.3 is 6.01 Å². The largest absolute Gasteiger partial charge is 0.497 e. The molecule has 2 fully saturated rings. The first kappa shape index (κ1) is 22.6. The molecule has 3 heterocycles. The standard InChI is InChI=1S/C24H35N5O3/c1-18-6-3-13-28(16-18)14-5-12-25-23(30)20-7-4-15-29(17-20)24-26-22(27-32-24)19-8-10-21(31-2)11-9-19/h8-11,18,20H,3-7,12-17H2,1-2H3,(H,25,30)/t18-,20-/m0/s1. The van der Waals surface area contributed by atoms with Crippen molar-refractivity contribution < 1.29 is 14.1 Å². The Bertz CT molecular complexity index is 869. The van der Waals surface area contributed by atoms with Crippen LogP contribution >= 0.6 is 0 Å². The summed E-state index contributed by atoms with van der Waals surface area (Å²) >= 11 is 0. The molecule has 32 heavy (non-hydrogen) atoms. The van der Waals surface area contributed by atoms with E-state index in [0.29, 0.717) is 18.4 Å². The van der Waals surface area contributed by atoms with Crippen LogP contribution in [0, 0.1) is 11.8 Å². The van der Waals surface area contributed by atoms with Gasteiger partial charge in [-0.25, -0.2) is 0 Å². The molecule has 0 spiro atoms. The molecule has 2 aromatic rings. The smallest absolute Gasteiger partial charge is 0.324 e. The van der Waals surface area contributed by atoms with Crippen LogP contribution in [0.5, 0.6) is 5.75 Å². The van der Waals surface area contributed by atoms with E-state index in [0.717, 1.165) is 56.1 Å². The Morgan fingerprint density at radius 1 is 1.19 bits per heavy atom. The van der Waals surface area contributed by atoms with Crippen molar-refractivity contribution in [3.05, 3.63) is 24.3 Å². The summed E-state index contributed by atoms with van der Waals surface area (Å²) in [5.41, 5.74) is 0.871. The molecule has 2 saturated heterocycles. The number of hydrogen-bond donors (Lipinski definition) is 1. The lowest BCUT2D eigenvalue weighted by Crippen LogP contribution is -2.44. The van der Waals surface area contributed by atoms with Gasteiger partial charge in [-0.2, -0.15) is 4.98 Å². The maximum absolute atomic E-state index is 12.7. The maximum atomic E-state index is 12.7. The van der Waals surface area contributed by atoms with E-state index in [1.807, 2.05) is 29.2 Å². The van der Waals surface area contributed by atoms with Gasteiger partial charge in [0, 0.05) is 31.7 Å². The molecule has 1 aromatic carbocycles. The number of benzene rings is 1. The minimum atomic E-state index is -0.0462. The second-order valence-corrected chi connectivity index (χ2v) is 9.11. The van der Waals surface area contributed by atoms with Crippen molar-refractivity contribution in [2.45, 2.75) is 39.0 Å². The highest BCUT2D eigenvalue weighted by Crippen LogP contribution is 2.26. The van der Waals surface area contributed by atoms with E-state index in [9.17, 15) is 4.79 Å². The Labute approximate surface area is 190 Å². The molecule has 8 nitrogen and oxygen atoms in total. The summed E-state index contributed by atoms with van der Waals surface area (Å²) in [6.07, 6.45) is 5.47. The summed E-state index contributed by atoms with van der Waals surface area (Å²) in [5.74, 6) is 2.21.